The molecule has 0 aromatic carbocycles. The van der Waals surface area contributed by atoms with Crippen molar-refractivity contribution in [3.05, 3.63) is 0 Å². The van der Waals surface area contributed by atoms with E-state index >= 15 is 0 Å². The number of fused-ring (bicyclic) bond motifs is 2. The Bertz CT molecular complexity index is 524. The summed E-state index contributed by atoms with van der Waals surface area (Å²) in [4.78, 5) is 48.4. The van der Waals surface area contributed by atoms with Gasteiger partial charge in [0.1, 0.15) is 6.04 Å². The summed E-state index contributed by atoms with van der Waals surface area (Å²) >= 11 is 0. The van der Waals surface area contributed by atoms with Gasteiger partial charge in [0.2, 0.25) is 0 Å². The zero-order valence-electron chi connectivity index (χ0n) is 14.2. The molecule has 3 heterocycles. The Balaban J connectivity index is 1.51. The van der Waals surface area contributed by atoms with Crippen LogP contribution in [-0.4, -0.2) is 78.9 Å². The number of ether oxygens (including phenoxy) is 1. The molecule has 2 N–H and O–H groups in total. The summed E-state index contributed by atoms with van der Waals surface area (Å²) in [6.45, 7) is 3.59. The third kappa shape index (κ3) is 4.02. The minimum Gasteiger partial charge on any atom is -0.464 e. The Morgan fingerprint density at radius 2 is 2.16 bits per heavy atom. The van der Waals surface area contributed by atoms with Crippen molar-refractivity contribution in [3.63, 3.8) is 0 Å². The molecule has 3 fully saturated rings. The molecule has 3 rings (SSSR count). The molecule has 140 valence electrons. The lowest BCUT2D eigenvalue weighted by molar-refractivity contribution is -0.172. The second-order valence-electron chi connectivity index (χ2n) is 6.29. The SMILES string of the molecule is CCOC(=O)CON1C(=O)N2C[C@H]1CC[C@H]2C(=O)NO[C@H]1CCNC1. The number of amides is 3. The fraction of sp³-hybridized carbons (Fsp3) is 0.800. The normalized spacial score (nSPS) is 28.4. The van der Waals surface area contributed by atoms with Crippen LogP contribution in [0.25, 0.3) is 0 Å². The van der Waals surface area contributed by atoms with Gasteiger partial charge in [-0.3, -0.25) is 14.5 Å². The molecule has 25 heavy (non-hydrogen) atoms. The number of nitrogens with zero attached hydrogens (tertiary/aromatic N) is 2. The lowest BCUT2D eigenvalue weighted by Gasteiger charge is -2.29. The van der Waals surface area contributed by atoms with Crippen LogP contribution >= 0.6 is 0 Å². The number of nitrogens with one attached hydrogen (secondary N) is 2. The van der Waals surface area contributed by atoms with Crippen LogP contribution in [0.5, 0.6) is 0 Å². The number of hydrogen-bond donors (Lipinski definition) is 2. The first-order chi connectivity index (χ1) is 12.1. The Hall–Kier alpha value is -1.91. The van der Waals surface area contributed by atoms with Crippen molar-refractivity contribution in [1.82, 2.24) is 20.8 Å². The minimum absolute atomic E-state index is 0.0426. The van der Waals surface area contributed by atoms with Gasteiger partial charge in [0, 0.05) is 13.1 Å². The molecule has 3 aliphatic rings. The molecular weight excluding hydrogens is 332 g/mol. The standard InChI is InChI=1S/C15H24N4O6/c1-2-23-13(20)9-24-19-10-3-4-12(18(8-10)15(19)22)14(21)17-25-11-5-6-16-7-11/h10-12,16H,2-9H2,1H3,(H,17,21)/t10-,11+,12+/m1/s1. The van der Waals surface area contributed by atoms with Gasteiger partial charge in [-0.1, -0.05) is 0 Å². The average molecular weight is 356 g/mol. The van der Waals surface area contributed by atoms with Crippen molar-refractivity contribution in [2.75, 3.05) is 32.8 Å². The van der Waals surface area contributed by atoms with Crippen molar-refractivity contribution < 1.29 is 28.8 Å². The third-order valence-corrected chi connectivity index (χ3v) is 4.59. The first-order valence-corrected chi connectivity index (χ1v) is 8.64. The van der Waals surface area contributed by atoms with E-state index in [9.17, 15) is 14.4 Å². The number of urea groups is 1. The molecule has 10 nitrogen and oxygen atoms in total. The lowest BCUT2D eigenvalue weighted by Crippen LogP contribution is -2.50. The van der Waals surface area contributed by atoms with E-state index in [1.807, 2.05) is 0 Å². The van der Waals surface area contributed by atoms with Gasteiger partial charge in [0.05, 0.1) is 18.8 Å². The van der Waals surface area contributed by atoms with Gasteiger partial charge in [-0.05, 0) is 32.7 Å². The summed E-state index contributed by atoms with van der Waals surface area (Å²) in [5, 5.41) is 4.33. The van der Waals surface area contributed by atoms with E-state index in [1.165, 1.54) is 9.96 Å². The quantitative estimate of drug-likeness (QED) is 0.452. The summed E-state index contributed by atoms with van der Waals surface area (Å²) in [5.41, 5.74) is 2.47. The van der Waals surface area contributed by atoms with E-state index in [-0.39, 0.29) is 31.3 Å². The first kappa shape index (κ1) is 17.9. The van der Waals surface area contributed by atoms with Crippen LogP contribution < -0.4 is 10.8 Å². The van der Waals surface area contributed by atoms with Crippen LogP contribution in [0, 0.1) is 0 Å². The molecule has 0 saturated carbocycles. The van der Waals surface area contributed by atoms with Crippen LogP contribution in [0.4, 0.5) is 4.79 Å². The van der Waals surface area contributed by atoms with Crippen LogP contribution in [0.15, 0.2) is 0 Å². The van der Waals surface area contributed by atoms with E-state index in [4.69, 9.17) is 14.4 Å². The molecule has 0 spiro atoms. The molecule has 0 unspecified atom stereocenters. The van der Waals surface area contributed by atoms with E-state index < -0.39 is 18.0 Å². The second-order valence-corrected chi connectivity index (χ2v) is 6.29. The maximum Gasteiger partial charge on any atom is 0.345 e. The van der Waals surface area contributed by atoms with E-state index in [0.717, 1.165) is 13.0 Å². The van der Waals surface area contributed by atoms with Gasteiger partial charge in [-0.25, -0.2) is 15.1 Å². The Kier molecular flexibility index (Phi) is 5.71. The molecular formula is C15H24N4O6. The fourth-order valence-electron chi connectivity index (χ4n) is 3.33. The van der Waals surface area contributed by atoms with Gasteiger partial charge in [0.15, 0.2) is 6.61 Å². The van der Waals surface area contributed by atoms with Crippen molar-refractivity contribution in [3.8, 4) is 0 Å². The highest BCUT2D eigenvalue weighted by Gasteiger charge is 2.48. The minimum atomic E-state index is -0.589. The zero-order chi connectivity index (χ0) is 17.8. The molecule has 0 aromatic rings. The van der Waals surface area contributed by atoms with Crippen molar-refractivity contribution in [1.29, 1.82) is 0 Å². The first-order valence-electron chi connectivity index (χ1n) is 8.64. The van der Waals surface area contributed by atoms with Crippen LogP contribution in [-0.2, 0) is 24.0 Å². The smallest absolute Gasteiger partial charge is 0.345 e. The number of carbonyl (C=O) groups excluding carboxylic acids is 3. The second kappa shape index (κ2) is 7.98. The number of rotatable bonds is 7. The van der Waals surface area contributed by atoms with Gasteiger partial charge >= 0.3 is 12.0 Å². The highest BCUT2D eigenvalue weighted by molar-refractivity contribution is 5.88. The lowest BCUT2D eigenvalue weighted by atomic mass is 10.0. The largest absolute Gasteiger partial charge is 0.464 e. The predicted molar refractivity (Wildman–Crippen MR) is 83.8 cm³/mol. The molecule has 3 aliphatic heterocycles. The van der Waals surface area contributed by atoms with E-state index in [1.54, 1.807) is 6.92 Å². The number of carbonyl (C=O) groups is 3. The monoisotopic (exact) mass is 356 g/mol. The predicted octanol–water partition coefficient (Wildman–Crippen LogP) is -0.841. The highest BCUT2D eigenvalue weighted by atomic mass is 16.7. The van der Waals surface area contributed by atoms with Crippen LogP contribution in [0.2, 0.25) is 0 Å². The molecule has 0 aliphatic carbocycles. The molecule has 0 radical (unpaired) electrons. The highest BCUT2D eigenvalue weighted by Crippen LogP contribution is 2.30. The van der Waals surface area contributed by atoms with E-state index in [0.29, 0.717) is 25.9 Å². The third-order valence-electron chi connectivity index (χ3n) is 4.59. The van der Waals surface area contributed by atoms with Gasteiger partial charge < -0.3 is 15.0 Å². The summed E-state index contributed by atoms with van der Waals surface area (Å²) < 4.78 is 4.79. The summed E-state index contributed by atoms with van der Waals surface area (Å²) in [6, 6.07) is -1.16. The fourth-order valence-corrected chi connectivity index (χ4v) is 3.33. The average Bonchev–Trinajstić information content (AvgIpc) is 3.20. The van der Waals surface area contributed by atoms with Gasteiger partial charge in [0.25, 0.3) is 5.91 Å². The maximum absolute atomic E-state index is 12.5. The van der Waals surface area contributed by atoms with Crippen LogP contribution in [0.3, 0.4) is 0 Å². The molecule has 3 saturated heterocycles. The number of piperidine rings is 1. The van der Waals surface area contributed by atoms with E-state index in [2.05, 4.69) is 10.8 Å². The summed E-state index contributed by atoms with van der Waals surface area (Å²) in [5.74, 6) is -0.856. The molecule has 2 bridgehead atoms. The van der Waals surface area contributed by atoms with Crippen molar-refractivity contribution in [2.45, 2.75) is 44.4 Å². The van der Waals surface area contributed by atoms with Crippen molar-refractivity contribution in [2.24, 2.45) is 0 Å². The Morgan fingerprint density at radius 1 is 1.32 bits per heavy atom. The topological polar surface area (TPSA) is 109 Å². The van der Waals surface area contributed by atoms with Crippen molar-refractivity contribution >= 4 is 17.9 Å². The number of hydroxylamine groups is 3. The molecule has 3 atom stereocenters. The summed E-state index contributed by atoms with van der Waals surface area (Å²) in [7, 11) is 0. The maximum atomic E-state index is 12.5. The zero-order valence-corrected chi connectivity index (χ0v) is 14.2. The molecule has 10 heteroatoms. The Morgan fingerprint density at radius 3 is 2.88 bits per heavy atom. The number of esters is 1. The molecule has 0 aromatic heterocycles. The van der Waals surface area contributed by atoms with Gasteiger partial charge in [-0.15, -0.1) is 0 Å². The number of hydrogen-bond acceptors (Lipinski definition) is 7. The Labute approximate surface area is 145 Å². The summed E-state index contributed by atoms with van der Waals surface area (Å²) in [6.07, 6.45) is 1.94. The van der Waals surface area contributed by atoms with Gasteiger partial charge in [-0.2, -0.15) is 5.06 Å². The van der Waals surface area contributed by atoms with Crippen LogP contribution in [0.1, 0.15) is 26.2 Å². The molecule has 3 amide bonds.